The Hall–Kier alpha value is -2.37. The summed E-state index contributed by atoms with van der Waals surface area (Å²) in [6.45, 7) is 2.00. The molecule has 0 N–H and O–H groups in total. The molecule has 0 saturated heterocycles. The third-order valence-corrected chi connectivity index (χ3v) is 2.84. The van der Waals surface area contributed by atoms with Gasteiger partial charge in [0.2, 0.25) is 6.79 Å². The Morgan fingerprint density at radius 2 is 1.89 bits per heavy atom. The van der Waals surface area contributed by atoms with Gasteiger partial charge in [-0.05, 0) is 19.1 Å². The van der Waals surface area contributed by atoms with Crippen molar-refractivity contribution in [2.45, 2.75) is 6.92 Å². The molecule has 2 aromatic rings. The number of rotatable bonds is 1. The SMILES string of the molecule is COC(=O)c1nnc(C)c2cc3c(cc12)OCO3. The number of methoxy groups -OCH3 is 1. The van der Waals surface area contributed by atoms with E-state index < -0.39 is 5.97 Å². The van der Waals surface area contributed by atoms with E-state index in [2.05, 4.69) is 10.2 Å². The van der Waals surface area contributed by atoms with Crippen LogP contribution < -0.4 is 9.47 Å². The van der Waals surface area contributed by atoms with Crippen LogP contribution in [0.25, 0.3) is 10.8 Å². The molecule has 0 spiro atoms. The van der Waals surface area contributed by atoms with Crippen molar-refractivity contribution in [3.8, 4) is 11.5 Å². The van der Waals surface area contributed by atoms with Gasteiger partial charge >= 0.3 is 5.97 Å². The number of hydrogen-bond acceptors (Lipinski definition) is 6. The number of aromatic nitrogens is 2. The molecule has 1 aromatic heterocycles. The van der Waals surface area contributed by atoms with Crippen molar-refractivity contribution in [2.24, 2.45) is 0 Å². The molecule has 0 atom stereocenters. The molecule has 18 heavy (non-hydrogen) atoms. The molecule has 0 fully saturated rings. The van der Waals surface area contributed by atoms with Gasteiger partial charge in [-0.25, -0.2) is 4.79 Å². The fourth-order valence-corrected chi connectivity index (χ4v) is 1.92. The van der Waals surface area contributed by atoms with Gasteiger partial charge in [0.15, 0.2) is 17.2 Å². The van der Waals surface area contributed by atoms with Crippen molar-refractivity contribution >= 4 is 16.7 Å². The Kier molecular flexibility index (Phi) is 2.29. The molecule has 0 amide bonds. The molecule has 0 radical (unpaired) electrons. The van der Waals surface area contributed by atoms with E-state index in [1.807, 2.05) is 6.92 Å². The Bertz CT molecular complexity index is 654. The van der Waals surface area contributed by atoms with Crippen LogP contribution in [0, 0.1) is 6.92 Å². The Morgan fingerprint density at radius 1 is 1.22 bits per heavy atom. The molecular weight excluding hydrogens is 236 g/mol. The van der Waals surface area contributed by atoms with Gasteiger partial charge in [-0.2, -0.15) is 5.10 Å². The highest BCUT2D eigenvalue weighted by Gasteiger charge is 2.20. The second-order valence-electron chi connectivity index (χ2n) is 3.88. The summed E-state index contributed by atoms with van der Waals surface area (Å²) in [7, 11) is 1.31. The van der Waals surface area contributed by atoms with Gasteiger partial charge in [0.25, 0.3) is 0 Å². The van der Waals surface area contributed by atoms with Crippen molar-refractivity contribution in [3.63, 3.8) is 0 Å². The van der Waals surface area contributed by atoms with Crippen molar-refractivity contribution in [3.05, 3.63) is 23.5 Å². The Balaban J connectivity index is 2.33. The van der Waals surface area contributed by atoms with E-state index in [0.29, 0.717) is 16.9 Å². The van der Waals surface area contributed by atoms with Crippen LogP contribution in [0.5, 0.6) is 11.5 Å². The minimum Gasteiger partial charge on any atom is -0.464 e. The molecule has 6 nitrogen and oxygen atoms in total. The van der Waals surface area contributed by atoms with E-state index in [1.165, 1.54) is 7.11 Å². The number of nitrogens with zero attached hydrogens (tertiary/aromatic N) is 2. The van der Waals surface area contributed by atoms with E-state index in [-0.39, 0.29) is 12.5 Å². The van der Waals surface area contributed by atoms with Crippen molar-refractivity contribution in [2.75, 3.05) is 13.9 Å². The number of esters is 1. The number of benzene rings is 1. The first-order valence-electron chi connectivity index (χ1n) is 5.35. The molecule has 6 heteroatoms. The summed E-state index contributed by atoms with van der Waals surface area (Å²) in [4.78, 5) is 11.6. The van der Waals surface area contributed by atoms with E-state index in [0.717, 1.165) is 11.1 Å². The minimum absolute atomic E-state index is 0.177. The van der Waals surface area contributed by atoms with Crippen molar-refractivity contribution in [1.29, 1.82) is 0 Å². The smallest absolute Gasteiger partial charge is 0.359 e. The molecule has 3 rings (SSSR count). The van der Waals surface area contributed by atoms with E-state index in [1.54, 1.807) is 12.1 Å². The maximum Gasteiger partial charge on any atom is 0.359 e. The molecule has 0 unspecified atom stereocenters. The molecule has 1 aliphatic rings. The van der Waals surface area contributed by atoms with Crippen LogP contribution in [0.4, 0.5) is 0 Å². The third-order valence-electron chi connectivity index (χ3n) is 2.84. The molecule has 92 valence electrons. The van der Waals surface area contributed by atoms with Crippen LogP contribution in [0.2, 0.25) is 0 Å². The van der Waals surface area contributed by atoms with Crippen LogP contribution in [-0.4, -0.2) is 30.1 Å². The summed E-state index contributed by atoms with van der Waals surface area (Å²) in [5.41, 5.74) is 0.896. The maximum absolute atomic E-state index is 11.6. The standard InChI is InChI=1S/C12H10N2O4/c1-6-7-3-9-10(18-5-17-9)4-8(7)11(14-13-6)12(15)16-2/h3-4H,5H2,1-2H3. The highest BCUT2D eigenvalue weighted by Crippen LogP contribution is 2.37. The van der Waals surface area contributed by atoms with Crippen LogP contribution in [0.1, 0.15) is 16.2 Å². The summed E-state index contributed by atoms with van der Waals surface area (Å²) in [5, 5.41) is 9.29. The number of carbonyl (C=O) groups excluding carboxylic acids is 1. The Morgan fingerprint density at radius 3 is 2.56 bits per heavy atom. The lowest BCUT2D eigenvalue weighted by Gasteiger charge is -2.06. The predicted molar refractivity (Wildman–Crippen MR) is 61.7 cm³/mol. The van der Waals surface area contributed by atoms with Crippen LogP contribution in [0.15, 0.2) is 12.1 Å². The van der Waals surface area contributed by atoms with E-state index in [9.17, 15) is 4.79 Å². The zero-order chi connectivity index (χ0) is 12.7. The summed E-state index contributed by atoms with van der Waals surface area (Å²) in [6.07, 6.45) is 0. The van der Waals surface area contributed by atoms with Gasteiger partial charge in [-0.15, -0.1) is 5.10 Å². The second kappa shape index (κ2) is 3.83. The normalized spacial score (nSPS) is 12.8. The van der Waals surface area contributed by atoms with E-state index >= 15 is 0 Å². The van der Waals surface area contributed by atoms with Gasteiger partial charge in [0.05, 0.1) is 12.8 Å². The number of hydrogen-bond donors (Lipinski definition) is 0. The number of carbonyl (C=O) groups is 1. The van der Waals surface area contributed by atoms with Crippen molar-refractivity contribution in [1.82, 2.24) is 10.2 Å². The fourth-order valence-electron chi connectivity index (χ4n) is 1.92. The molecule has 0 bridgehead atoms. The van der Waals surface area contributed by atoms with Gasteiger partial charge in [-0.1, -0.05) is 0 Å². The number of ether oxygens (including phenoxy) is 3. The van der Waals surface area contributed by atoms with Gasteiger partial charge < -0.3 is 14.2 Å². The second-order valence-corrected chi connectivity index (χ2v) is 3.88. The summed E-state index contributed by atoms with van der Waals surface area (Å²) in [5.74, 6) is 0.723. The summed E-state index contributed by atoms with van der Waals surface area (Å²) in [6, 6.07) is 3.53. The van der Waals surface area contributed by atoms with Gasteiger partial charge in [0.1, 0.15) is 0 Å². The van der Waals surface area contributed by atoms with Crippen LogP contribution in [0.3, 0.4) is 0 Å². The maximum atomic E-state index is 11.6. The highest BCUT2D eigenvalue weighted by molar-refractivity contribution is 6.04. The third kappa shape index (κ3) is 1.46. The minimum atomic E-state index is -0.522. The monoisotopic (exact) mass is 246 g/mol. The molecule has 0 aliphatic carbocycles. The quantitative estimate of drug-likeness (QED) is 0.709. The fraction of sp³-hybridized carbons (Fsp3) is 0.250. The molecule has 0 saturated carbocycles. The lowest BCUT2D eigenvalue weighted by atomic mass is 10.1. The number of aryl methyl sites for hydroxylation is 1. The first-order chi connectivity index (χ1) is 8.70. The van der Waals surface area contributed by atoms with E-state index in [4.69, 9.17) is 14.2 Å². The first kappa shape index (κ1) is 10.8. The molecule has 1 aromatic carbocycles. The molecule has 1 aliphatic heterocycles. The number of fused-ring (bicyclic) bond motifs is 2. The van der Waals surface area contributed by atoms with Crippen LogP contribution >= 0.6 is 0 Å². The lowest BCUT2D eigenvalue weighted by molar-refractivity contribution is 0.0595. The van der Waals surface area contributed by atoms with Gasteiger partial charge in [-0.3, -0.25) is 0 Å². The van der Waals surface area contributed by atoms with Crippen molar-refractivity contribution < 1.29 is 19.0 Å². The topological polar surface area (TPSA) is 70.5 Å². The van der Waals surface area contributed by atoms with Gasteiger partial charge in [0, 0.05) is 10.8 Å². The Labute approximate surface area is 102 Å². The molecule has 2 heterocycles. The highest BCUT2D eigenvalue weighted by atomic mass is 16.7. The zero-order valence-electron chi connectivity index (χ0n) is 9.89. The summed E-state index contributed by atoms with van der Waals surface area (Å²) >= 11 is 0. The predicted octanol–water partition coefficient (Wildman–Crippen LogP) is 1.45. The summed E-state index contributed by atoms with van der Waals surface area (Å²) < 4.78 is 15.3. The molecular formula is C12H10N2O4. The average molecular weight is 246 g/mol. The average Bonchev–Trinajstić information content (AvgIpc) is 2.84. The van der Waals surface area contributed by atoms with Crippen LogP contribution in [-0.2, 0) is 4.74 Å². The lowest BCUT2D eigenvalue weighted by Crippen LogP contribution is -2.07. The largest absolute Gasteiger partial charge is 0.464 e. The first-order valence-corrected chi connectivity index (χ1v) is 5.35. The zero-order valence-corrected chi connectivity index (χ0v) is 9.89.